The highest BCUT2D eigenvalue weighted by Crippen LogP contribution is 2.27. The van der Waals surface area contributed by atoms with Gasteiger partial charge in [0.1, 0.15) is 6.04 Å². The minimum atomic E-state index is -0.774. The number of rotatable bonds is 6. The molecule has 1 N–H and O–H groups in total. The van der Waals surface area contributed by atoms with Crippen LogP contribution >= 0.6 is 0 Å². The molecule has 3 amide bonds. The number of hydrogen-bond donors (Lipinski definition) is 1. The molecule has 0 saturated heterocycles. The maximum atomic E-state index is 12.5. The Bertz CT molecular complexity index is 560. The van der Waals surface area contributed by atoms with Crippen molar-refractivity contribution in [3.63, 3.8) is 0 Å². The van der Waals surface area contributed by atoms with Crippen LogP contribution in [0.3, 0.4) is 0 Å². The molecule has 1 aliphatic heterocycles. The van der Waals surface area contributed by atoms with Crippen molar-refractivity contribution in [2.75, 3.05) is 6.54 Å². The van der Waals surface area contributed by atoms with Crippen LogP contribution in [-0.4, -0.2) is 35.2 Å². The number of amides is 3. The first-order valence-electron chi connectivity index (χ1n) is 7.73. The molecule has 0 unspecified atom stereocenters. The molecule has 0 spiro atoms. The lowest BCUT2D eigenvalue weighted by molar-refractivity contribution is -0.126. The molecule has 0 aromatic heterocycles. The fourth-order valence-electron chi connectivity index (χ4n) is 2.67. The zero-order valence-corrected chi connectivity index (χ0v) is 13.3. The summed E-state index contributed by atoms with van der Waals surface area (Å²) in [7, 11) is 0. The summed E-state index contributed by atoms with van der Waals surface area (Å²) in [5.74, 6) is -1.18. The van der Waals surface area contributed by atoms with Crippen molar-refractivity contribution in [3.05, 3.63) is 35.4 Å². The molecular weight excluding hydrogens is 280 g/mol. The predicted octanol–water partition coefficient (Wildman–Crippen LogP) is 2.22. The van der Waals surface area contributed by atoms with Gasteiger partial charge < -0.3 is 5.32 Å². The van der Waals surface area contributed by atoms with Crippen LogP contribution in [0.15, 0.2) is 24.3 Å². The highest BCUT2D eigenvalue weighted by atomic mass is 16.2. The van der Waals surface area contributed by atoms with Crippen LogP contribution in [0.25, 0.3) is 0 Å². The number of imide groups is 1. The van der Waals surface area contributed by atoms with Crippen molar-refractivity contribution < 1.29 is 14.4 Å². The van der Waals surface area contributed by atoms with Crippen LogP contribution in [0.4, 0.5) is 0 Å². The zero-order chi connectivity index (χ0) is 16.3. The summed E-state index contributed by atoms with van der Waals surface area (Å²) in [5, 5.41) is 2.82. The van der Waals surface area contributed by atoms with Crippen molar-refractivity contribution in [3.8, 4) is 0 Å². The minimum Gasteiger partial charge on any atom is -0.354 e. The van der Waals surface area contributed by atoms with E-state index in [-0.39, 0.29) is 23.6 Å². The molecule has 0 aliphatic carbocycles. The summed E-state index contributed by atoms with van der Waals surface area (Å²) < 4.78 is 0. The lowest BCUT2D eigenvalue weighted by atomic mass is 10.0. The van der Waals surface area contributed by atoms with E-state index >= 15 is 0 Å². The first-order valence-corrected chi connectivity index (χ1v) is 7.73. The fourth-order valence-corrected chi connectivity index (χ4v) is 2.67. The minimum absolute atomic E-state index is 0.149. The van der Waals surface area contributed by atoms with Gasteiger partial charge in [0.2, 0.25) is 5.91 Å². The van der Waals surface area contributed by atoms with Crippen molar-refractivity contribution in [2.45, 2.75) is 39.7 Å². The van der Waals surface area contributed by atoms with E-state index < -0.39 is 6.04 Å². The van der Waals surface area contributed by atoms with Gasteiger partial charge in [0.15, 0.2) is 0 Å². The second kappa shape index (κ2) is 6.73. The first-order chi connectivity index (χ1) is 10.5. The topological polar surface area (TPSA) is 66.5 Å². The van der Waals surface area contributed by atoms with Crippen molar-refractivity contribution in [1.82, 2.24) is 10.2 Å². The van der Waals surface area contributed by atoms with Gasteiger partial charge in [0, 0.05) is 6.54 Å². The van der Waals surface area contributed by atoms with Crippen LogP contribution < -0.4 is 5.32 Å². The summed E-state index contributed by atoms with van der Waals surface area (Å²) in [6.07, 6.45) is 1.85. The van der Waals surface area contributed by atoms with Gasteiger partial charge in [-0.3, -0.25) is 19.3 Å². The molecule has 1 aromatic rings. The lowest BCUT2D eigenvalue weighted by Crippen LogP contribution is -2.52. The van der Waals surface area contributed by atoms with Gasteiger partial charge in [-0.1, -0.05) is 39.3 Å². The van der Waals surface area contributed by atoms with E-state index in [4.69, 9.17) is 0 Å². The van der Waals surface area contributed by atoms with E-state index in [1.54, 1.807) is 24.3 Å². The molecule has 2 rings (SSSR count). The average Bonchev–Trinajstić information content (AvgIpc) is 2.73. The van der Waals surface area contributed by atoms with Crippen molar-refractivity contribution >= 4 is 17.7 Å². The number of nitrogens with zero attached hydrogens (tertiary/aromatic N) is 1. The van der Waals surface area contributed by atoms with E-state index in [0.29, 0.717) is 17.7 Å². The van der Waals surface area contributed by atoms with Crippen molar-refractivity contribution in [1.29, 1.82) is 0 Å². The Hall–Kier alpha value is -2.17. The number of carbonyl (C=O) groups is 3. The van der Waals surface area contributed by atoms with E-state index in [9.17, 15) is 14.4 Å². The third kappa shape index (κ3) is 2.89. The molecule has 5 nitrogen and oxygen atoms in total. The van der Waals surface area contributed by atoms with Gasteiger partial charge in [-0.05, 0) is 24.5 Å². The molecule has 118 valence electrons. The van der Waals surface area contributed by atoms with Gasteiger partial charge in [0.25, 0.3) is 11.8 Å². The van der Waals surface area contributed by atoms with Crippen LogP contribution in [0, 0.1) is 5.92 Å². The summed E-state index contributed by atoms with van der Waals surface area (Å²) in [6, 6.07) is 5.92. The molecule has 0 fully saturated rings. The second-order valence-corrected chi connectivity index (χ2v) is 5.86. The number of carbonyl (C=O) groups excluding carboxylic acids is 3. The van der Waals surface area contributed by atoms with Gasteiger partial charge in [0.05, 0.1) is 11.1 Å². The second-order valence-electron chi connectivity index (χ2n) is 5.86. The Balaban J connectivity index is 2.25. The maximum absolute atomic E-state index is 12.5. The third-order valence-corrected chi connectivity index (χ3v) is 3.83. The number of benzene rings is 1. The SMILES string of the molecule is CCCCNC(=O)[C@@H](C(C)C)N1C(=O)c2ccccc2C1=O. The molecule has 1 aromatic carbocycles. The van der Waals surface area contributed by atoms with Crippen LogP contribution in [0.5, 0.6) is 0 Å². The number of nitrogens with one attached hydrogen (secondary N) is 1. The molecule has 1 heterocycles. The Morgan fingerprint density at radius 2 is 1.68 bits per heavy atom. The summed E-state index contributed by atoms with van der Waals surface area (Å²) >= 11 is 0. The Labute approximate surface area is 130 Å². The lowest BCUT2D eigenvalue weighted by Gasteiger charge is -2.28. The first kappa shape index (κ1) is 16.2. The smallest absolute Gasteiger partial charge is 0.262 e. The molecule has 0 radical (unpaired) electrons. The van der Waals surface area contributed by atoms with Gasteiger partial charge in [-0.2, -0.15) is 0 Å². The Morgan fingerprint density at radius 3 is 2.14 bits per heavy atom. The van der Waals surface area contributed by atoms with Gasteiger partial charge >= 0.3 is 0 Å². The number of hydrogen-bond acceptors (Lipinski definition) is 3. The molecule has 1 atom stereocenters. The third-order valence-electron chi connectivity index (χ3n) is 3.83. The van der Waals surface area contributed by atoms with Gasteiger partial charge in [-0.25, -0.2) is 0 Å². The molecular formula is C17H22N2O3. The molecule has 0 bridgehead atoms. The van der Waals surface area contributed by atoms with Crippen LogP contribution in [0.1, 0.15) is 54.3 Å². The molecule has 0 saturated carbocycles. The largest absolute Gasteiger partial charge is 0.354 e. The predicted molar refractivity (Wildman–Crippen MR) is 83.5 cm³/mol. The summed E-state index contributed by atoms with van der Waals surface area (Å²) in [6.45, 7) is 6.28. The zero-order valence-electron chi connectivity index (χ0n) is 13.3. The van der Waals surface area contributed by atoms with Crippen LogP contribution in [-0.2, 0) is 4.79 Å². The monoisotopic (exact) mass is 302 g/mol. The van der Waals surface area contributed by atoms with Crippen LogP contribution in [0.2, 0.25) is 0 Å². The van der Waals surface area contributed by atoms with E-state index in [1.807, 2.05) is 20.8 Å². The molecule has 5 heteroatoms. The Morgan fingerprint density at radius 1 is 1.14 bits per heavy atom. The number of fused-ring (bicyclic) bond motifs is 1. The van der Waals surface area contributed by atoms with E-state index in [0.717, 1.165) is 17.7 Å². The summed E-state index contributed by atoms with van der Waals surface area (Å²) in [5.41, 5.74) is 0.749. The number of unbranched alkanes of at least 4 members (excludes halogenated alkanes) is 1. The fraction of sp³-hybridized carbons (Fsp3) is 0.471. The average molecular weight is 302 g/mol. The highest BCUT2D eigenvalue weighted by Gasteiger charge is 2.43. The quantitative estimate of drug-likeness (QED) is 0.647. The highest BCUT2D eigenvalue weighted by molar-refractivity contribution is 6.22. The van der Waals surface area contributed by atoms with Crippen molar-refractivity contribution in [2.24, 2.45) is 5.92 Å². The standard InChI is InChI=1S/C17H22N2O3/c1-4-5-10-18-15(20)14(11(2)3)19-16(21)12-8-6-7-9-13(12)17(19)22/h6-9,11,14H,4-5,10H2,1-3H3,(H,18,20)/t14-/m1/s1. The Kier molecular flexibility index (Phi) is 4.96. The molecule has 22 heavy (non-hydrogen) atoms. The van der Waals surface area contributed by atoms with E-state index in [1.165, 1.54) is 0 Å². The maximum Gasteiger partial charge on any atom is 0.262 e. The van der Waals surface area contributed by atoms with Gasteiger partial charge in [-0.15, -0.1) is 0 Å². The van der Waals surface area contributed by atoms with E-state index in [2.05, 4.69) is 5.32 Å². The normalized spacial score (nSPS) is 15.2. The molecule has 1 aliphatic rings. The summed E-state index contributed by atoms with van der Waals surface area (Å²) in [4.78, 5) is 38.6.